The Balaban J connectivity index is 3.08. The molecular weight excluding hydrogens is 176 g/mol. The van der Waals surface area contributed by atoms with Crippen molar-refractivity contribution in [3.8, 4) is 5.75 Å². The molecule has 0 aliphatic heterocycles. The summed E-state index contributed by atoms with van der Waals surface area (Å²) in [6.07, 6.45) is 1.84. The highest BCUT2D eigenvalue weighted by atomic mass is 16.5. The van der Waals surface area contributed by atoms with Crippen LogP contribution in [0.4, 0.5) is 0 Å². The number of aliphatic hydroxyl groups excluding tert-OH is 1. The van der Waals surface area contributed by atoms with Crippen LogP contribution in [0.5, 0.6) is 5.75 Å². The quantitative estimate of drug-likeness (QED) is 0.794. The Hall–Kier alpha value is -1.28. The van der Waals surface area contributed by atoms with Crippen molar-refractivity contribution in [3.63, 3.8) is 0 Å². The molecule has 1 aromatic carbocycles. The lowest BCUT2D eigenvalue weighted by Crippen LogP contribution is -2.07. The molecule has 0 unspecified atom stereocenters. The van der Waals surface area contributed by atoms with Gasteiger partial charge in [0, 0.05) is 5.56 Å². The van der Waals surface area contributed by atoms with Crippen molar-refractivity contribution in [2.24, 2.45) is 0 Å². The van der Waals surface area contributed by atoms with E-state index in [0.717, 1.165) is 16.9 Å². The SMILES string of the molecule is C=Cc1c(CO)cccc1OC(C)C. The van der Waals surface area contributed by atoms with Gasteiger partial charge in [-0.15, -0.1) is 0 Å². The van der Waals surface area contributed by atoms with Crippen LogP contribution in [0.2, 0.25) is 0 Å². The fraction of sp³-hybridized carbons (Fsp3) is 0.333. The lowest BCUT2D eigenvalue weighted by molar-refractivity contribution is 0.239. The Labute approximate surface area is 84.8 Å². The van der Waals surface area contributed by atoms with E-state index in [-0.39, 0.29) is 12.7 Å². The maximum Gasteiger partial charge on any atom is 0.127 e. The maximum absolute atomic E-state index is 9.10. The molecule has 1 aromatic rings. The van der Waals surface area contributed by atoms with Gasteiger partial charge in [0.2, 0.25) is 0 Å². The van der Waals surface area contributed by atoms with Crippen molar-refractivity contribution in [1.29, 1.82) is 0 Å². The summed E-state index contributed by atoms with van der Waals surface area (Å²) in [6, 6.07) is 5.62. The molecule has 0 radical (unpaired) electrons. The van der Waals surface area contributed by atoms with Gasteiger partial charge in [-0.3, -0.25) is 0 Å². The Morgan fingerprint density at radius 1 is 1.50 bits per heavy atom. The minimum Gasteiger partial charge on any atom is -0.490 e. The van der Waals surface area contributed by atoms with Crippen LogP contribution in [0.15, 0.2) is 24.8 Å². The van der Waals surface area contributed by atoms with E-state index in [1.54, 1.807) is 6.08 Å². The topological polar surface area (TPSA) is 29.5 Å². The second-order valence-corrected chi connectivity index (χ2v) is 3.36. The number of benzene rings is 1. The number of hydrogen-bond donors (Lipinski definition) is 1. The van der Waals surface area contributed by atoms with E-state index in [1.807, 2.05) is 32.0 Å². The van der Waals surface area contributed by atoms with Crippen molar-refractivity contribution >= 4 is 6.08 Å². The van der Waals surface area contributed by atoms with Gasteiger partial charge in [-0.05, 0) is 25.5 Å². The minimum atomic E-state index is 0.0106. The molecule has 1 N–H and O–H groups in total. The highest BCUT2D eigenvalue weighted by Crippen LogP contribution is 2.24. The average Bonchev–Trinajstić information content (AvgIpc) is 2.16. The first-order valence-electron chi connectivity index (χ1n) is 4.71. The molecule has 0 bridgehead atoms. The molecule has 0 spiro atoms. The first kappa shape index (κ1) is 10.8. The Kier molecular flexibility index (Phi) is 3.72. The maximum atomic E-state index is 9.10. The fourth-order valence-corrected chi connectivity index (χ4v) is 1.32. The zero-order chi connectivity index (χ0) is 10.6. The lowest BCUT2D eigenvalue weighted by Gasteiger charge is -2.14. The molecule has 0 amide bonds. The molecule has 2 heteroatoms. The highest BCUT2D eigenvalue weighted by molar-refractivity contribution is 5.59. The van der Waals surface area contributed by atoms with Crippen LogP contribution in [0.25, 0.3) is 6.08 Å². The van der Waals surface area contributed by atoms with Crippen molar-refractivity contribution in [1.82, 2.24) is 0 Å². The first-order valence-corrected chi connectivity index (χ1v) is 4.71. The lowest BCUT2D eigenvalue weighted by atomic mass is 10.1. The van der Waals surface area contributed by atoms with Crippen LogP contribution in [0.3, 0.4) is 0 Å². The Morgan fingerprint density at radius 2 is 2.21 bits per heavy atom. The molecule has 76 valence electrons. The molecule has 0 fully saturated rings. The van der Waals surface area contributed by atoms with Crippen LogP contribution in [-0.4, -0.2) is 11.2 Å². The normalized spacial score (nSPS) is 10.3. The molecule has 0 heterocycles. The fourth-order valence-electron chi connectivity index (χ4n) is 1.32. The largest absolute Gasteiger partial charge is 0.490 e. The monoisotopic (exact) mass is 192 g/mol. The first-order chi connectivity index (χ1) is 6.69. The molecule has 0 aliphatic carbocycles. The molecule has 1 rings (SSSR count). The average molecular weight is 192 g/mol. The van der Waals surface area contributed by atoms with E-state index in [1.165, 1.54) is 0 Å². The second-order valence-electron chi connectivity index (χ2n) is 3.36. The van der Waals surface area contributed by atoms with E-state index in [4.69, 9.17) is 9.84 Å². The van der Waals surface area contributed by atoms with Gasteiger partial charge in [-0.25, -0.2) is 0 Å². The molecule has 0 saturated heterocycles. The highest BCUT2D eigenvalue weighted by Gasteiger charge is 2.06. The summed E-state index contributed by atoms with van der Waals surface area (Å²) in [5.41, 5.74) is 1.72. The third-order valence-corrected chi connectivity index (χ3v) is 1.89. The van der Waals surface area contributed by atoms with Crippen LogP contribution in [0, 0.1) is 0 Å². The molecule has 0 aliphatic rings. The minimum absolute atomic E-state index is 0.0106. The van der Waals surface area contributed by atoms with Gasteiger partial charge in [0.15, 0.2) is 0 Å². The molecular formula is C12H16O2. The molecule has 14 heavy (non-hydrogen) atoms. The van der Waals surface area contributed by atoms with Gasteiger partial charge in [0.05, 0.1) is 12.7 Å². The van der Waals surface area contributed by atoms with Crippen LogP contribution in [-0.2, 0) is 6.61 Å². The number of hydrogen-bond acceptors (Lipinski definition) is 2. The summed E-state index contributed by atoms with van der Waals surface area (Å²) < 4.78 is 5.60. The Bertz CT molecular complexity index is 316. The van der Waals surface area contributed by atoms with Crippen molar-refractivity contribution in [2.75, 3.05) is 0 Å². The summed E-state index contributed by atoms with van der Waals surface area (Å²) in [5.74, 6) is 0.779. The van der Waals surface area contributed by atoms with Gasteiger partial charge in [-0.1, -0.05) is 24.8 Å². The third kappa shape index (κ3) is 2.36. The smallest absolute Gasteiger partial charge is 0.127 e. The molecule has 0 aromatic heterocycles. The predicted molar refractivity (Wildman–Crippen MR) is 58.2 cm³/mol. The van der Waals surface area contributed by atoms with Crippen molar-refractivity contribution in [2.45, 2.75) is 26.6 Å². The van der Waals surface area contributed by atoms with E-state index < -0.39 is 0 Å². The predicted octanol–water partition coefficient (Wildman–Crippen LogP) is 2.61. The third-order valence-electron chi connectivity index (χ3n) is 1.89. The zero-order valence-electron chi connectivity index (χ0n) is 8.66. The van der Waals surface area contributed by atoms with Gasteiger partial charge in [0.1, 0.15) is 5.75 Å². The van der Waals surface area contributed by atoms with Crippen molar-refractivity contribution < 1.29 is 9.84 Å². The van der Waals surface area contributed by atoms with Gasteiger partial charge < -0.3 is 9.84 Å². The Morgan fingerprint density at radius 3 is 2.71 bits per heavy atom. The molecule has 2 nitrogen and oxygen atoms in total. The molecule has 0 atom stereocenters. The summed E-state index contributed by atoms with van der Waals surface area (Å²) in [5, 5.41) is 9.10. The summed E-state index contributed by atoms with van der Waals surface area (Å²) in [4.78, 5) is 0. The van der Waals surface area contributed by atoms with E-state index in [9.17, 15) is 0 Å². The van der Waals surface area contributed by atoms with E-state index in [2.05, 4.69) is 6.58 Å². The summed E-state index contributed by atoms with van der Waals surface area (Å²) in [6.45, 7) is 7.67. The van der Waals surface area contributed by atoms with Crippen LogP contribution in [0.1, 0.15) is 25.0 Å². The number of ether oxygens (including phenoxy) is 1. The zero-order valence-corrected chi connectivity index (χ0v) is 8.66. The number of aliphatic hydroxyl groups is 1. The van der Waals surface area contributed by atoms with E-state index >= 15 is 0 Å². The second kappa shape index (κ2) is 4.82. The van der Waals surface area contributed by atoms with E-state index in [0.29, 0.717) is 0 Å². The molecule has 0 saturated carbocycles. The summed E-state index contributed by atoms with van der Waals surface area (Å²) >= 11 is 0. The van der Waals surface area contributed by atoms with Crippen molar-refractivity contribution in [3.05, 3.63) is 35.9 Å². The standard InChI is InChI=1S/C12H16O2/c1-4-11-10(8-13)6-5-7-12(11)14-9(2)3/h4-7,9,13H,1,8H2,2-3H3. The van der Waals surface area contributed by atoms with Gasteiger partial charge in [-0.2, -0.15) is 0 Å². The van der Waals surface area contributed by atoms with Gasteiger partial charge in [0.25, 0.3) is 0 Å². The van der Waals surface area contributed by atoms with Gasteiger partial charge >= 0.3 is 0 Å². The number of rotatable bonds is 4. The van der Waals surface area contributed by atoms with Crippen LogP contribution < -0.4 is 4.74 Å². The summed E-state index contributed by atoms with van der Waals surface area (Å²) in [7, 11) is 0. The van der Waals surface area contributed by atoms with Crippen LogP contribution >= 0.6 is 0 Å².